The molecule has 3 rings (SSSR count). The van der Waals surface area contributed by atoms with Crippen LogP contribution in [-0.2, 0) is 16.9 Å². The van der Waals surface area contributed by atoms with E-state index in [0.717, 1.165) is 11.1 Å². The van der Waals surface area contributed by atoms with E-state index >= 15 is 0 Å². The molecular formula is C15H16N4O2S. The molecule has 22 heavy (non-hydrogen) atoms. The molecule has 0 atom stereocenters. The summed E-state index contributed by atoms with van der Waals surface area (Å²) in [6, 6.07) is 3.45. The van der Waals surface area contributed by atoms with Crippen molar-refractivity contribution in [2.45, 2.75) is 18.7 Å². The van der Waals surface area contributed by atoms with Gasteiger partial charge in [-0.05, 0) is 24.6 Å². The van der Waals surface area contributed by atoms with Gasteiger partial charge in [-0.1, -0.05) is 6.92 Å². The van der Waals surface area contributed by atoms with Gasteiger partial charge in [0.05, 0.1) is 16.2 Å². The molecule has 0 aliphatic carbocycles. The third kappa shape index (κ3) is 2.27. The summed E-state index contributed by atoms with van der Waals surface area (Å²) >= 11 is 0. The van der Waals surface area contributed by atoms with E-state index in [1.807, 2.05) is 20.0 Å². The molecule has 0 unspecified atom stereocenters. The molecular weight excluding hydrogens is 300 g/mol. The van der Waals surface area contributed by atoms with Crippen molar-refractivity contribution in [2.75, 3.05) is 5.75 Å². The van der Waals surface area contributed by atoms with Crippen LogP contribution in [0.15, 0.2) is 35.6 Å². The quantitative estimate of drug-likeness (QED) is 0.739. The Kier molecular flexibility index (Phi) is 3.44. The molecule has 0 fully saturated rings. The molecule has 0 aliphatic rings. The molecule has 0 saturated carbocycles. The highest BCUT2D eigenvalue weighted by Crippen LogP contribution is 2.28. The lowest BCUT2D eigenvalue weighted by Crippen LogP contribution is -2.07. The Morgan fingerprint density at radius 2 is 2.05 bits per heavy atom. The molecule has 3 aromatic rings. The number of sulfone groups is 1. The number of hydrogen-bond donors (Lipinski definition) is 0. The van der Waals surface area contributed by atoms with Crippen molar-refractivity contribution < 1.29 is 8.42 Å². The minimum Gasteiger partial charge on any atom is -0.312 e. The predicted molar refractivity (Wildman–Crippen MR) is 84.2 cm³/mol. The number of aromatic nitrogens is 4. The van der Waals surface area contributed by atoms with E-state index < -0.39 is 9.84 Å². The molecule has 3 heterocycles. The van der Waals surface area contributed by atoms with Gasteiger partial charge in [0.1, 0.15) is 11.3 Å². The maximum Gasteiger partial charge on any atom is 0.178 e. The first kappa shape index (κ1) is 14.6. The van der Waals surface area contributed by atoms with Gasteiger partial charge in [0.2, 0.25) is 0 Å². The van der Waals surface area contributed by atoms with Crippen molar-refractivity contribution in [3.63, 3.8) is 0 Å². The molecule has 0 spiro atoms. The normalized spacial score (nSPS) is 12.0. The first-order valence-corrected chi connectivity index (χ1v) is 8.55. The minimum atomic E-state index is -3.35. The SMILES string of the molecule is CCS(=O)(=O)c1ccncc1-c1nc2cc(C)cnc2n1C. The van der Waals surface area contributed by atoms with Crippen LogP contribution in [0.25, 0.3) is 22.6 Å². The molecule has 0 N–H and O–H groups in total. The zero-order chi connectivity index (χ0) is 15.9. The van der Waals surface area contributed by atoms with Gasteiger partial charge in [-0.3, -0.25) is 4.98 Å². The minimum absolute atomic E-state index is 0.0330. The van der Waals surface area contributed by atoms with E-state index in [0.29, 0.717) is 17.0 Å². The Morgan fingerprint density at radius 3 is 2.77 bits per heavy atom. The highest BCUT2D eigenvalue weighted by Gasteiger charge is 2.21. The van der Waals surface area contributed by atoms with E-state index in [4.69, 9.17) is 0 Å². The molecule has 6 nitrogen and oxygen atoms in total. The van der Waals surface area contributed by atoms with Crippen LogP contribution >= 0.6 is 0 Å². The first-order valence-electron chi connectivity index (χ1n) is 6.90. The van der Waals surface area contributed by atoms with Gasteiger partial charge in [-0.25, -0.2) is 18.4 Å². The fourth-order valence-electron chi connectivity index (χ4n) is 2.39. The number of aryl methyl sites for hydroxylation is 2. The first-order chi connectivity index (χ1) is 10.4. The number of hydrogen-bond acceptors (Lipinski definition) is 5. The summed E-state index contributed by atoms with van der Waals surface area (Å²) < 4.78 is 26.4. The number of imidazole rings is 1. The van der Waals surface area contributed by atoms with E-state index in [9.17, 15) is 8.42 Å². The van der Waals surface area contributed by atoms with Crippen molar-refractivity contribution in [1.82, 2.24) is 19.5 Å². The standard InChI is InChI=1S/C15H16N4O2S/c1-4-22(20,21)13-5-6-16-9-11(13)14-18-12-7-10(2)8-17-15(12)19(14)3/h5-9H,4H2,1-3H3. The van der Waals surface area contributed by atoms with E-state index in [1.165, 1.54) is 18.5 Å². The second kappa shape index (κ2) is 5.17. The third-order valence-electron chi connectivity index (χ3n) is 3.58. The van der Waals surface area contributed by atoms with Crippen molar-refractivity contribution in [1.29, 1.82) is 0 Å². The van der Waals surface area contributed by atoms with Crippen LogP contribution in [0.3, 0.4) is 0 Å². The van der Waals surface area contributed by atoms with Crippen LogP contribution in [0, 0.1) is 6.92 Å². The van der Waals surface area contributed by atoms with Gasteiger partial charge in [0.25, 0.3) is 0 Å². The van der Waals surface area contributed by atoms with Gasteiger partial charge in [0, 0.05) is 25.6 Å². The van der Waals surface area contributed by atoms with Crippen LogP contribution in [0.2, 0.25) is 0 Å². The van der Waals surface area contributed by atoms with Crippen molar-refractivity contribution in [2.24, 2.45) is 7.05 Å². The van der Waals surface area contributed by atoms with E-state index in [1.54, 1.807) is 17.7 Å². The zero-order valence-corrected chi connectivity index (χ0v) is 13.4. The predicted octanol–water partition coefficient (Wildman–Crippen LogP) is 2.13. The lowest BCUT2D eigenvalue weighted by Gasteiger charge is -2.08. The maximum atomic E-state index is 12.3. The average Bonchev–Trinajstić information content (AvgIpc) is 2.83. The monoisotopic (exact) mass is 316 g/mol. The summed E-state index contributed by atoms with van der Waals surface area (Å²) in [6.45, 7) is 3.57. The third-order valence-corrected chi connectivity index (χ3v) is 5.37. The Hall–Kier alpha value is -2.28. The fraction of sp³-hybridized carbons (Fsp3) is 0.267. The highest BCUT2D eigenvalue weighted by molar-refractivity contribution is 7.91. The van der Waals surface area contributed by atoms with Gasteiger partial charge < -0.3 is 4.57 Å². The maximum absolute atomic E-state index is 12.3. The Balaban J connectivity index is 2.31. The van der Waals surface area contributed by atoms with Gasteiger partial charge in [-0.15, -0.1) is 0 Å². The Bertz CT molecular complexity index is 961. The van der Waals surface area contributed by atoms with Crippen LogP contribution in [0.4, 0.5) is 0 Å². The largest absolute Gasteiger partial charge is 0.312 e. The summed E-state index contributed by atoms with van der Waals surface area (Å²) in [6.07, 6.45) is 4.79. The molecule has 0 amide bonds. The summed E-state index contributed by atoms with van der Waals surface area (Å²) in [5.74, 6) is 0.582. The molecule has 0 aromatic carbocycles. The summed E-state index contributed by atoms with van der Waals surface area (Å²) in [5.41, 5.74) is 2.96. The lowest BCUT2D eigenvalue weighted by molar-refractivity contribution is 0.597. The smallest absolute Gasteiger partial charge is 0.178 e. The zero-order valence-electron chi connectivity index (χ0n) is 12.6. The van der Waals surface area contributed by atoms with E-state index in [2.05, 4.69) is 15.0 Å². The van der Waals surface area contributed by atoms with Crippen LogP contribution in [0.5, 0.6) is 0 Å². The molecule has 0 bridgehead atoms. The number of pyridine rings is 2. The fourth-order valence-corrected chi connectivity index (χ4v) is 3.45. The molecule has 114 valence electrons. The number of fused-ring (bicyclic) bond motifs is 1. The van der Waals surface area contributed by atoms with Gasteiger partial charge >= 0.3 is 0 Å². The summed E-state index contributed by atoms with van der Waals surface area (Å²) in [4.78, 5) is 13.2. The number of nitrogens with zero attached hydrogens (tertiary/aromatic N) is 4. The van der Waals surface area contributed by atoms with Crippen molar-refractivity contribution >= 4 is 21.0 Å². The molecule has 0 radical (unpaired) electrons. The van der Waals surface area contributed by atoms with Gasteiger partial charge in [0.15, 0.2) is 15.5 Å². The number of rotatable bonds is 3. The summed E-state index contributed by atoms with van der Waals surface area (Å²) in [5, 5.41) is 0. The van der Waals surface area contributed by atoms with Gasteiger partial charge in [-0.2, -0.15) is 0 Å². The highest BCUT2D eigenvalue weighted by atomic mass is 32.2. The molecule has 3 aromatic heterocycles. The molecule has 0 aliphatic heterocycles. The molecule has 7 heteroatoms. The molecule has 0 saturated heterocycles. The average molecular weight is 316 g/mol. The van der Waals surface area contributed by atoms with E-state index in [-0.39, 0.29) is 10.6 Å². The lowest BCUT2D eigenvalue weighted by atomic mass is 10.2. The van der Waals surface area contributed by atoms with Crippen LogP contribution in [-0.4, -0.2) is 33.7 Å². The summed E-state index contributed by atoms with van der Waals surface area (Å²) in [7, 11) is -1.53. The van der Waals surface area contributed by atoms with Crippen LogP contribution < -0.4 is 0 Å². The topological polar surface area (TPSA) is 77.7 Å². The Labute approximate surface area is 128 Å². The Morgan fingerprint density at radius 1 is 1.27 bits per heavy atom. The van der Waals surface area contributed by atoms with Crippen molar-refractivity contribution in [3.05, 3.63) is 36.3 Å². The second-order valence-electron chi connectivity index (χ2n) is 5.13. The van der Waals surface area contributed by atoms with Crippen molar-refractivity contribution in [3.8, 4) is 11.4 Å². The second-order valence-corrected chi connectivity index (χ2v) is 7.37. The van der Waals surface area contributed by atoms with Crippen LogP contribution in [0.1, 0.15) is 12.5 Å².